The van der Waals surface area contributed by atoms with E-state index in [2.05, 4.69) is 10.3 Å². The van der Waals surface area contributed by atoms with Gasteiger partial charge in [-0.15, -0.1) is 0 Å². The highest BCUT2D eigenvalue weighted by Gasteiger charge is 2.01. The third-order valence-electron chi connectivity index (χ3n) is 1.98. The van der Waals surface area contributed by atoms with Crippen molar-refractivity contribution >= 4 is 28.4 Å². The average Bonchev–Trinajstić information content (AvgIpc) is 2.78. The van der Waals surface area contributed by atoms with Gasteiger partial charge in [-0.3, -0.25) is 4.79 Å². The Balaban J connectivity index is 2.10. The number of hydrogen-bond donors (Lipinski definition) is 1. The first-order chi connectivity index (χ1) is 7.81. The molecule has 16 heavy (non-hydrogen) atoms. The van der Waals surface area contributed by atoms with Crippen molar-refractivity contribution in [3.8, 4) is 5.75 Å². The van der Waals surface area contributed by atoms with Crippen molar-refractivity contribution in [1.29, 1.82) is 0 Å². The number of carbonyl (C=O) groups excluding carboxylic acids is 1. The standard InChI is InChI=1S/C11H10N2O2S/c1-15-9-4-2-8(3-5-9)13-11-12-6-10(7-14)16-11/h2-7H,1H3,(H,12,13). The molecule has 0 radical (unpaired) electrons. The summed E-state index contributed by atoms with van der Waals surface area (Å²) in [6.45, 7) is 0. The first-order valence-corrected chi connectivity index (χ1v) is 5.45. The maximum atomic E-state index is 10.5. The molecular weight excluding hydrogens is 224 g/mol. The number of methoxy groups -OCH3 is 1. The zero-order valence-electron chi connectivity index (χ0n) is 8.64. The Hall–Kier alpha value is -1.88. The van der Waals surface area contributed by atoms with Gasteiger partial charge in [0.2, 0.25) is 0 Å². The predicted octanol–water partition coefficient (Wildman–Crippen LogP) is 2.71. The molecule has 1 N–H and O–H groups in total. The number of aldehydes is 1. The number of nitrogens with one attached hydrogen (secondary N) is 1. The SMILES string of the molecule is COc1ccc(Nc2ncc(C=O)s2)cc1. The highest BCUT2D eigenvalue weighted by Crippen LogP contribution is 2.22. The quantitative estimate of drug-likeness (QED) is 0.826. The van der Waals surface area contributed by atoms with Crippen LogP contribution in [0.25, 0.3) is 0 Å². The molecule has 2 rings (SSSR count). The molecule has 0 saturated carbocycles. The van der Waals surface area contributed by atoms with Crippen LogP contribution >= 0.6 is 11.3 Å². The number of thiazole rings is 1. The molecule has 1 heterocycles. The number of nitrogens with zero attached hydrogens (tertiary/aromatic N) is 1. The molecule has 0 atom stereocenters. The molecule has 1 aromatic heterocycles. The summed E-state index contributed by atoms with van der Waals surface area (Å²) >= 11 is 1.32. The summed E-state index contributed by atoms with van der Waals surface area (Å²) in [5.41, 5.74) is 0.910. The fraction of sp³-hybridized carbons (Fsp3) is 0.0909. The molecule has 0 fully saturated rings. The van der Waals surface area contributed by atoms with Gasteiger partial charge in [-0.2, -0.15) is 0 Å². The van der Waals surface area contributed by atoms with E-state index in [0.29, 0.717) is 10.0 Å². The summed E-state index contributed by atoms with van der Waals surface area (Å²) in [5.74, 6) is 0.804. The molecule has 0 spiro atoms. The van der Waals surface area contributed by atoms with Crippen LogP contribution in [0.4, 0.5) is 10.8 Å². The van der Waals surface area contributed by atoms with Crippen LogP contribution < -0.4 is 10.1 Å². The van der Waals surface area contributed by atoms with E-state index in [1.807, 2.05) is 24.3 Å². The van der Waals surface area contributed by atoms with Gasteiger partial charge in [0.05, 0.1) is 18.2 Å². The van der Waals surface area contributed by atoms with E-state index in [9.17, 15) is 4.79 Å². The average molecular weight is 234 g/mol. The molecule has 0 aliphatic rings. The summed E-state index contributed by atoms with van der Waals surface area (Å²) in [6, 6.07) is 7.49. The Labute approximate surface area is 96.9 Å². The Kier molecular flexibility index (Phi) is 3.16. The molecule has 0 saturated heterocycles. The predicted molar refractivity (Wildman–Crippen MR) is 63.8 cm³/mol. The van der Waals surface area contributed by atoms with E-state index in [1.165, 1.54) is 11.3 Å². The molecule has 4 nitrogen and oxygen atoms in total. The van der Waals surface area contributed by atoms with Gasteiger partial charge in [0.15, 0.2) is 11.4 Å². The van der Waals surface area contributed by atoms with E-state index in [-0.39, 0.29) is 0 Å². The second-order valence-corrected chi connectivity index (χ2v) is 4.10. The van der Waals surface area contributed by atoms with Crippen LogP contribution in [0.2, 0.25) is 0 Å². The minimum Gasteiger partial charge on any atom is -0.497 e. The maximum Gasteiger partial charge on any atom is 0.187 e. The zero-order valence-corrected chi connectivity index (χ0v) is 9.45. The van der Waals surface area contributed by atoms with E-state index in [0.717, 1.165) is 17.7 Å². The third kappa shape index (κ3) is 2.38. The van der Waals surface area contributed by atoms with Gasteiger partial charge in [0, 0.05) is 5.69 Å². The zero-order chi connectivity index (χ0) is 11.4. The Morgan fingerprint density at radius 2 is 2.12 bits per heavy atom. The van der Waals surface area contributed by atoms with E-state index in [4.69, 9.17) is 4.74 Å². The molecule has 0 aliphatic heterocycles. The van der Waals surface area contributed by atoms with Crippen LogP contribution in [0.5, 0.6) is 5.75 Å². The summed E-state index contributed by atoms with van der Waals surface area (Å²) in [7, 11) is 1.62. The summed E-state index contributed by atoms with van der Waals surface area (Å²) in [4.78, 5) is 15.2. The molecule has 2 aromatic rings. The molecule has 5 heteroatoms. The van der Waals surface area contributed by atoms with Crippen LogP contribution in [-0.4, -0.2) is 18.4 Å². The van der Waals surface area contributed by atoms with E-state index < -0.39 is 0 Å². The number of aromatic nitrogens is 1. The van der Waals surface area contributed by atoms with Crippen molar-refractivity contribution in [2.75, 3.05) is 12.4 Å². The summed E-state index contributed by atoms with van der Waals surface area (Å²) in [5, 5.41) is 3.80. The lowest BCUT2D eigenvalue weighted by atomic mass is 10.3. The number of ether oxygens (including phenoxy) is 1. The maximum absolute atomic E-state index is 10.5. The van der Waals surface area contributed by atoms with Crippen LogP contribution in [0.15, 0.2) is 30.5 Å². The van der Waals surface area contributed by atoms with Gasteiger partial charge < -0.3 is 10.1 Å². The van der Waals surface area contributed by atoms with Crippen molar-refractivity contribution < 1.29 is 9.53 Å². The third-order valence-corrected chi connectivity index (χ3v) is 2.82. The smallest absolute Gasteiger partial charge is 0.187 e. The van der Waals surface area contributed by atoms with Crippen molar-refractivity contribution in [2.45, 2.75) is 0 Å². The van der Waals surface area contributed by atoms with E-state index in [1.54, 1.807) is 13.3 Å². The van der Waals surface area contributed by atoms with Gasteiger partial charge in [-0.05, 0) is 24.3 Å². The minimum absolute atomic E-state index is 0.607. The lowest BCUT2D eigenvalue weighted by molar-refractivity contribution is 0.112. The Morgan fingerprint density at radius 1 is 1.38 bits per heavy atom. The molecule has 0 unspecified atom stereocenters. The number of benzene rings is 1. The number of rotatable bonds is 4. The van der Waals surface area contributed by atoms with Crippen LogP contribution in [-0.2, 0) is 0 Å². The molecule has 1 aromatic carbocycles. The molecule has 0 amide bonds. The van der Waals surface area contributed by atoms with Crippen LogP contribution in [0.1, 0.15) is 9.67 Å². The monoisotopic (exact) mass is 234 g/mol. The number of hydrogen-bond acceptors (Lipinski definition) is 5. The molecule has 0 bridgehead atoms. The van der Waals surface area contributed by atoms with Crippen molar-refractivity contribution in [1.82, 2.24) is 4.98 Å². The van der Waals surface area contributed by atoms with Gasteiger partial charge in [0.1, 0.15) is 5.75 Å². The number of anilines is 2. The Bertz CT molecular complexity index is 479. The largest absolute Gasteiger partial charge is 0.497 e. The first kappa shape index (κ1) is 10.6. The Morgan fingerprint density at radius 3 is 2.69 bits per heavy atom. The second-order valence-electron chi connectivity index (χ2n) is 3.04. The van der Waals surface area contributed by atoms with Crippen molar-refractivity contribution in [2.24, 2.45) is 0 Å². The van der Waals surface area contributed by atoms with Gasteiger partial charge in [0.25, 0.3) is 0 Å². The van der Waals surface area contributed by atoms with Gasteiger partial charge in [-0.1, -0.05) is 11.3 Å². The van der Waals surface area contributed by atoms with Gasteiger partial charge >= 0.3 is 0 Å². The normalized spacial score (nSPS) is 9.81. The van der Waals surface area contributed by atoms with Crippen molar-refractivity contribution in [3.05, 3.63) is 35.3 Å². The minimum atomic E-state index is 0.607. The first-order valence-electron chi connectivity index (χ1n) is 4.64. The topological polar surface area (TPSA) is 51.2 Å². The van der Waals surface area contributed by atoms with Crippen LogP contribution in [0, 0.1) is 0 Å². The lowest BCUT2D eigenvalue weighted by Gasteiger charge is -2.03. The highest BCUT2D eigenvalue weighted by atomic mass is 32.1. The van der Waals surface area contributed by atoms with E-state index >= 15 is 0 Å². The van der Waals surface area contributed by atoms with Crippen LogP contribution in [0.3, 0.4) is 0 Å². The molecular formula is C11H10N2O2S. The molecule has 82 valence electrons. The van der Waals surface area contributed by atoms with Gasteiger partial charge in [-0.25, -0.2) is 4.98 Å². The number of carbonyl (C=O) groups is 1. The lowest BCUT2D eigenvalue weighted by Crippen LogP contribution is -1.89. The highest BCUT2D eigenvalue weighted by molar-refractivity contribution is 7.17. The summed E-state index contributed by atoms with van der Waals surface area (Å²) < 4.78 is 5.05. The second kappa shape index (κ2) is 4.76. The fourth-order valence-electron chi connectivity index (χ4n) is 1.20. The summed E-state index contributed by atoms with van der Waals surface area (Å²) in [6.07, 6.45) is 2.33. The van der Waals surface area contributed by atoms with Crippen molar-refractivity contribution in [3.63, 3.8) is 0 Å². The molecule has 0 aliphatic carbocycles. The fourth-order valence-corrected chi connectivity index (χ4v) is 1.85.